The minimum Gasteiger partial charge on any atom is -0.488 e. The number of anilines is 1. The average Bonchev–Trinajstić information content (AvgIpc) is 3.41. The maximum Gasteiger partial charge on any atom is 0.336 e. The largest absolute Gasteiger partial charge is 0.488 e. The van der Waals surface area contributed by atoms with Gasteiger partial charge in [0.05, 0.1) is 46.5 Å². The molecule has 0 saturated carbocycles. The standard InChI is InChI=1S/C42H61N5O13S/c1-27(25-58-40(6,7)22-32(48)45-39(4,5)20-21-57-41(8,9)23-35(51)60-47-33(49)18-19-34(47)50)44-36(52)28-12-17-31(43-24-28)46-61(55,56)30-15-13-29(14-16-30)59-42(10,11)26-38(2,3)37(53)54/h12-17,24,27H,18-23,25-26H2,1-11H3,(H,43,46)(H,44,52)(H,45,48)(H,53,54). The molecule has 4 amide bonds. The van der Waals surface area contributed by atoms with Crippen molar-refractivity contribution in [1.29, 1.82) is 0 Å². The number of rotatable bonds is 23. The van der Waals surface area contributed by atoms with E-state index in [2.05, 4.69) is 20.3 Å². The van der Waals surface area contributed by atoms with Gasteiger partial charge in [-0.1, -0.05) is 0 Å². The predicted octanol–water partition coefficient (Wildman–Crippen LogP) is 4.92. The number of carbonyl (C=O) groups is 6. The van der Waals surface area contributed by atoms with Crippen LogP contribution >= 0.6 is 0 Å². The van der Waals surface area contributed by atoms with E-state index in [9.17, 15) is 42.3 Å². The minimum atomic E-state index is -4.05. The molecule has 1 fully saturated rings. The van der Waals surface area contributed by atoms with Crippen LogP contribution < -0.4 is 20.1 Å². The molecule has 1 atom stereocenters. The molecule has 0 radical (unpaired) electrons. The van der Waals surface area contributed by atoms with Crippen LogP contribution in [0.4, 0.5) is 5.82 Å². The van der Waals surface area contributed by atoms with Crippen molar-refractivity contribution in [3.63, 3.8) is 0 Å². The zero-order valence-electron chi connectivity index (χ0n) is 36.9. The zero-order chi connectivity index (χ0) is 46.2. The number of imide groups is 1. The quantitative estimate of drug-likeness (QED) is 0.108. The van der Waals surface area contributed by atoms with Gasteiger partial charge in [-0.3, -0.25) is 28.7 Å². The lowest BCUT2D eigenvalue weighted by Gasteiger charge is -2.32. The number of hydroxylamine groups is 2. The molecule has 4 N–H and O–H groups in total. The van der Waals surface area contributed by atoms with Gasteiger partial charge in [-0.15, -0.1) is 5.06 Å². The summed E-state index contributed by atoms with van der Waals surface area (Å²) in [6, 6.07) is 7.98. The van der Waals surface area contributed by atoms with Crippen LogP contribution in [-0.2, 0) is 48.3 Å². The van der Waals surface area contributed by atoms with Gasteiger partial charge >= 0.3 is 11.9 Å². The number of nitrogens with zero attached hydrogens (tertiary/aromatic N) is 2. The Bertz CT molecular complexity index is 2010. The summed E-state index contributed by atoms with van der Waals surface area (Å²) in [6.45, 7) is 19.2. The molecule has 2 aromatic rings. The molecule has 19 heteroatoms. The third kappa shape index (κ3) is 16.3. The van der Waals surface area contributed by atoms with E-state index in [0.717, 1.165) is 0 Å². The molecule has 1 aromatic heterocycles. The first-order chi connectivity index (χ1) is 27.9. The summed E-state index contributed by atoms with van der Waals surface area (Å²) in [6.07, 6.45) is 1.64. The van der Waals surface area contributed by atoms with Crippen molar-refractivity contribution in [3.05, 3.63) is 48.2 Å². The van der Waals surface area contributed by atoms with Gasteiger partial charge in [-0.05, 0) is 119 Å². The number of aliphatic carboxylic acids is 1. The van der Waals surface area contributed by atoms with E-state index in [4.69, 9.17) is 19.0 Å². The van der Waals surface area contributed by atoms with Crippen LogP contribution in [0, 0.1) is 5.41 Å². The Morgan fingerprint density at radius 2 is 1.43 bits per heavy atom. The smallest absolute Gasteiger partial charge is 0.336 e. The van der Waals surface area contributed by atoms with Crippen LogP contribution in [0.1, 0.15) is 125 Å². The molecule has 0 spiro atoms. The molecular weight excluding hydrogens is 815 g/mol. The van der Waals surface area contributed by atoms with E-state index in [-0.39, 0.29) is 67.5 Å². The van der Waals surface area contributed by atoms with Gasteiger partial charge in [-0.2, -0.15) is 0 Å². The monoisotopic (exact) mass is 875 g/mol. The third-order valence-electron chi connectivity index (χ3n) is 9.39. The van der Waals surface area contributed by atoms with Gasteiger partial charge in [0.15, 0.2) is 0 Å². The summed E-state index contributed by atoms with van der Waals surface area (Å²) in [4.78, 5) is 82.3. The van der Waals surface area contributed by atoms with Crippen molar-refractivity contribution >= 4 is 51.4 Å². The molecule has 1 aromatic carbocycles. The van der Waals surface area contributed by atoms with Crippen LogP contribution in [0.2, 0.25) is 0 Å². The molecular formula is C42H61N5O13S. The second-order valence-electron chi connectivity index (χ2n) is 18.4. The lowest BCUT2D eigenvalue weighted by atomic mass is 9.82. The van der Waals surface area contributed by atoms with E-state index < -0.39 is 73.5 Å². The van der Waals surface area contributed by atoms with Gasteiger partial charge in [0.1, 0.15) is 17.2 Å². The summed E-state index contributed by atoms with van der Waals surface area (Å²) in [5, 5.41) is 15.7. The third-order valence-corrected chi connectivity index (χ3v) is 10.8. The molecule has 0 bridgehead atoms. The highest BCUT2D eigenvalue weighted by molar-refractivity contribution is 7.92. The van der Waals surface area contributed by atoms with Gasteiger partial charge in [0, 0.05) is 43.6 Å². The van der Waals surface area contributed by atoms with Gasteiger partial charge in [0.2, 0.25) is 5.91 Å². The number of amides is 4. The van der Waals surface area contributed by atoms with E-state index in [1.165, 1.54) is 42.6 Å². The molecule has 1 aliphatic rings. The van der Waals surface area contributed by atoms with E-state index >= 15 is 0 Å². The van der Waals surface area contributed by atoms with Crippen LogP contribution in [0.25, 0.3) is 0 Å². The van der Waals surface area contributed by atoms with Crippen molar-refractivity contribution < 1.29 is 61.3 Å². The number of benzene rings is 1. The van der Waals surface area contributed by atoms with Crippen molar-refractivity contribution in [2.75, 3.05) is 17.9 Å². The first-order valence-corrected chi connectivity index (χ1v) is 21.4. The Balaban J connectivity index is 1.42. The lowest BCUT2D eigenvalue weighted by Crippen LogP contribution is -2.47. The lowest BCUT2D eigenvalue weighted by molar-refractivity contribution is -0.200. The second kappa shape index (κ2) is 19.7. The molecule has 1 aliphatic heterocycles. The van der Waals surface area contributed by atoms with Crippen molar-refractivity contribution in [3.8, 4) is 5.75 Å². The molecule has 18 nitrogen and oxygen atoms in total. The number of carbonyl (C=O) groups excluding carboxylic acids is 5. The van der Waals surface area contributed by atoms with Crippen LogP contribution in [0.15, 0.2) is 47.5 Å². The fourth-order valence-electron chi connectivity index (χ4n) is 6.36. The number of hydrogen-bond acceptors (Lipinski definition) is 13. The van der Waals surface area contributed by atoms with Gasteiger partial charge in [0.25, 0.3) is 27.7 Å². The number of nitrogens with one attached hydrogen (secondary N) is 3. The topological polar surface area (TPSA) is 246 Å². The van der Waals surface area contributed by atoms with Crippen LogP contribution in [0.5, 0.6) is 5.75 Å². The Kier molecular flexibility index (Phi) is 16.2. The Morgan fingerprint density at radius 3 is 1.98 bits per heavy atom. The summed E-state index contributed by atoms with van der Waals surface area (Å²) in [5.41, 5.74) is -4.26. The van der Waals surface area contributed by atoms with Crippen molar-refractivity contribution in [2.24, 2.45) is 5.41 Å². The number of pyridine rings is 1. The molecule has 338 valence electrons. The number of carboxylic acids is 1. The van der Waals surface area contributed by atoms with Crippen LogP contribution in [-0.4, -0.2) is 101 Å². The Morgan fingerprint density at radius 1 is 0.836 bits per heavy atom. The summed E-state index contributed by atoms with van der Waals surface area (Å²) < 4.78 is 46.4. The van der Waals surface area contributed by atoms with E-state index in [1.807, 2.05) is 13.8 Å². The fraction of sp³-hybridized carbons (Fsp3) is 0.595. The molecule has 3 rings (SSSR count). The second-order valence-corrected chi connectivity index (χ2v) is 20.1. The van der Waals surface area contributed by atoms with Crippen molar-refractivity contribution in [1.82, 2.24) is 20.7 Å². The normalized spacial score (nSPS) is 14.6. The molecule has 2 heterocycles. The molecule has 61 heavy (non-hydrogen) atoms. The summed E-state index contributed by atoms with van der Waals surface area (Å²) >= 11 is 0. The highest BCUT2D eigenvalue weighted by Gasteiger charge is 2.37. The van der Waals surface area contributed by atoms with E-state index in [0.29, 0.717) is 17.2 Å². The Labute approximate surface area is 357 Å². The maximum atomic E-state index is 13.1. The first kappa shape index (κ1) is 50.2. The highest BCUT2D eigenvalue weighted by atomic mass is 32.2. The highest BCUT2D eigenvalue weighted by Crippen LogP contribution is 2.32. The number of carboxylic acid groups (broad SMARTS) is 1. The molecule has 1 saturated heterocycles. The number of sulfonamides is 1. The number of ether oxygens (including phenoxy) is 3. The molecule has 0 aliphatic carbocycles. The first-order valence-electron chi connectivity index (χ1n) is 19.9. The Hall–Kier alpha value is -5.14. The average molecular weight is 876 g/mol. The zero-order valence-corrected chi connectivity index (χ0v) is 37.7. The van der Waals surface area contributed by atoms with Crippen LogP contribution in [0.3, 0.4) is 0 Å². The maximum absolute atomic E-state index is 13.1. The fourth-order valence-corrected chi connectivity index (χ4v) is 7.37. The number of aromatic nitrogens is 1. The summed E-state index contributed by atoms with van der Waals surface area (Å²) in [7, 11) is -4.05. The number of hydrogen-bond donors (Lipinski definition) is 4. The van der Waals surface area contributed by atoms with Gasteiger partial charge < -0.3 is 34.8 Å². The van der Waals surface area contributed by atoms with Gasteiger partial charge in [-0.25, -0.2) is 18.2 Å². The molecule has 1 unspecified atom stereocenters. The predicted molar refractivity (Wildman–Crippen MR) is 222 cm³/mol. The SMILES string of the molecule is CC(COC(C)(C)CC(=O)NC(C)(C)CCOC(C)(C)CC(=O)ON1C(=O)CCC1=O)NC(=O)c1ccc(NS(=O)(=O)c2ccc(OC(C)(C)CC(C)(C)C(=O)O)cc2)nc1. The van der Waals surface area contributed by atoms with E-state index in [1.54, 1.807) is 62.3 Å². The van der Waals surface area contributed by atoms with Crippen molar-refractivity contribution in [2.45, 2.75) is 148 Å². The minimum absolute atomic E-state index is 0.00125. The summed E-state index contributed by atoms with van der Waals surface area (Å²) in [5.74, 6) is -3.25.